The molecule has 2 aliphatic heterocycles. The van der Waals surface area contributed by atoms with Crippen LogP contribution in [0.25, 0.3) is 0 Å². The van der Waals surface area contributed by atoms with Crippen LogP contribution in [0, 0.1) is 0 Å². The third kappa shape index (κ3) is 4.11. The minimum absolute atomic E-state index is 0.0263. The molecule has 0 radical (unpaired) electrons. The van der Waals surface area contributed by atoms with Crippen molar-refractivity contribution in [3.63, 3.8) is 0 Å². The molecule has 0 bridgehead atoms. The predicted molar refractivity (Wildman–Crippen MR) is 90.4 cm³/mol. The summed E-state index contributed by atoms with van der Waals surface area (Å²) in [4.78, 5) is 13.3. The van der Waals surface area contributed by atoms with Crippen LogP contribution in [0.4, 0.5) is 0 Å². The Morgan fingerprint density at radius 1 is 1.16 bits per heavy atom. The highest BCUT2D eigenvalue weighted by atomic mass is 32.2. The zero-order valence-electron chi connectivity index (χ0n) is 14.0. The third-order valence-electron chi connectivity index (χ3n) is 4.60. The van der Waals surface area contributed by atoms with E-state index in [-0.39, 0.29) is 12.2 Å². The molecule has 10 nitrogen and oxygen atoms in total. The lowest BCUT2D eigenvalue weighted by Gasteiger charge is -2.28. The molecule has 2 fully saturated rings. The molecular weight excluding hydrogens is 348 g/mol. The van der Waals surface area contributed by atoms with Gasteiger partial charge < -0.3 is 5.73 Å². The second-order valence-corrected chi connectivity index (χ2v) is 7.74. The van der Waals surface area contributed by atoms with E-state index >= 15 is 0 Å². The van der Waals surface area contributed by atoms with E-state index in [1.807, 2.05) is 5.01 Å². The van der Waals surface area contributed by atoms with Crippen LogP contribution in [0.5, 0.6) is 0 Å². The number of amides is 1. The van der Waals surface area contributed by atoms with E-state index in [2.05, 4.69) is 5.10 Å². The minimum atomic E-state index is -4.45. The van der Waals surface area contributed by atoms with Gasteiger partial charge in [-0.1, -0.05) is 0 Å². The van der Waals surface area contributed by atoms with Gasteiger partial charge in [-0.05, 0) is 32.1 Å². The van der Waals surface area contributed by atoms with E-state index in [0.29, 0.717) is 18.7 Å². The summed E-state index contributed by atoms with van der Waals surface area (Å²) >= 11 is 0. The van der Waals surface area contributed by atoms with Gasteiger partial charge in [-0.3, -0.25) is 14.4 Å². The molecule has 1 amide bonds. The van der Waals surface area contributed by atoms with Gasteiger partial charge in [0.15, 0.2) is 5.69 Å². The summed E-state index contributed by atoms with van der Waals surface area (Å²) in [5, 5.41) is 7.80. The zero-order chi connectivity index (χ0) is 18.0. The normalized spacial score (nSPS) is 19.7. The van der Waals surface area contributed by atoms with Crippen molar-refractivity contribution >= 4 is 16.2 Å². The SMILES string of the molecule is NC(=O)c1nn(N2CCCCC2)cc1CN(N1CCCC1)S(=O)(=O)O. The number of hydrogen-bond donors (Lipinski definition) is 2. The molecule has 3 heterocycles. The highest BCUT2D eigenvalue weighted by Crippen LogP contribution is 2.20. The first-order chi connectivity index (χ1) is 11.9. The van der Waals surface area contributed by atoms with Gasteiger partial charge in [0.05, 0.1) is 12.7 Å². The van der Waals surface area contributed by atoms with Crippen molar-refractivity contribution in [2.45, 2.75) is 38.6 Å². The van der Waals surface area contributed by atoms with Gasteiger partial charge in [-0.25, -0.2) is 5.01 Å². The average Bonchev–Trinajstić information content (AvgIpc) is 3.22. The van der Waals surface area contributed by atoms with Gasteiger partial charge in [-0.15, -0.1) is 9.51 Å². The molecule has 3 rings (SSSR count). The number of aromatic nitrogens is 2. The van der Waals surface area contributed by atoms with E-state index < -0.39 is 16.2 Å². The van der Waals surface area contributed by atoms with Gasteiger partial charge in [0.25, 0.3) is 5.91 Å². The van der Waals surface area contributed by atoms with Crippen molar-refractivity contribution in [3.05, 3.63) is 17.5 Å². The van der Waals surface area contributed by atoms with Crippen molar-refractivity contribution in [2.24, 2.45) is 5.73 Å². The van der Waals surface area contributed by atoms with Crippen LogP contribution in [0.3, 0.4) is 0 Å². The number of hydrazine groups is 1. The molecule has 0 atom stereocenters. The lowest BCUT2D eigenvalue weighted by molar-refractivity contribution is 0.0698. The number of carbonyl (C=O) groups is 1. The number of rotatable bonds is 6. The molecule has 3 N–H and O–H groups in total. The summed E-state index contributed by atoms with van der Waals surface area (Å²) in [7, 11) is -4.45. The average molecular weight is 372 g/mol. The maximum Gasteiger partial charge on any atom is 0.349 e. The largest absolute Gasteiger partial charge is 0.364 e. The Labute approximate surface area is 147 Å². The fraction of sp³-hybridized carbons (Fsp3) is 0.714. The summed E-state index contributed by atoms with van der Waals surface area (Å²) in [5.74, 6) is -0.720. The fourth-order valence-corrected chi connectivity index (χ4v) is 4.10. The summed E-state index contributed by atoms with van der Waals surface area (Å²) < 4.78 is 34.1. The van der Waals surface area contributed by atoms with Crippen molar-refractivity contribution < 1.29 is 17.8 Å². The standard InChI is InChI=1S/C14H24N6O4S/c15-14(21)13-12(10-19(16-13)17-6-2-1-3-7-17)11-20(25(22,23)24)18-8-4-5-9-18/h10H,1-9,11H2,(H2,15,21)(H,22,23,24). The monoisotopic (exact) mass is 372 g/mol. The Kier molecular flexibility index (Phi) is 5.27. The molecule has 140 valence electrons. The van der Waals surface area contributed by atoms with E-state index in [9.17, 15) is 17.8 Å². The van der Waals surface area contributed by atoms with Crippen LogP contribution in [-0.2, 0) is 16.8 Å². The molecule has 0 spiro atoms. The van der Waals surface area contributed by atoms with Gasteiger partial charge in [-0.2, -0.15) is 13.2 Å². The van der Waals surface area contributed by atoms with Crippen LogP contribution >= 0.6 is 0 Å². The van der Waals surface area contributed by atoms with Crippen LogP contribution in [-0.4, -0.2) is 64.4 Å². The minimum Gasteiger partial charge on any atom is -0.364 e. The van der Waals surface area contributed by atoms with E-state index in [1.165, 1.54) is 0 Å². The first kappa shape index (κ1) is 18.1. The Bertz CT molecular complexity index is 722. The number of primary amides is 1. The number of piperidine rings is 1. The molecule has 0 unspecified atom stereocenters. The molecule has 11 heteroatoms. The maximum absolute atomic E-state index is 11.8. The smallest absolute Gasteiger partial charge is 0.349 e. The van der Waals surface area contributed by atoms with Crippen molar-refractivity contribution in [1.82, 2.24) is 19.3 Å². The number of nitrogens with zero attached hydrogens (tertiary/aromatic N) is 5. The molecule has 0 saturated carbocycles. The van der Waals surface area contributed by atoms with Crippen molar-refractivity contribution in [2.75, 3.05) is 31.2 Å². The molecular formula is C14H24N6O4S. The molecule has 25 heavy (non-hydrogen) atoms. The van der Waals surface area contributed by atoms with Gasteiger partial charge in [0.2, 0.25) is 0 Å². The Morgan fingerprint density at radius 3 is 2.32 bits per heavy atom. The first-order valence-corrected chi connectivity index (χ1v) is 9.89. The Morgan fingerprint density at radius 2 is 1.76 bits per heavy atom. The summed E-state index contributed by atoms with van der Waals surface area (Å²) in [6.45, 7) is 2.52. The van der Waals surface area contributed by atoms with Crippen LogP contribution in [0.1, 0.15) is 48.2 Å². The lowest BCUT2D eigenvalue weighted by atomic mass is 10.2. The molecule has 0 aromatic carbocycles. The number of nitrogens with two attached hydrogens (primary N) is 1. The highest BCUT2D eigenvalue weighted by Gasteiger charge is 2.31. The van der Waals surface area contributed by atoms with Crippen molar-refractivity contribution in [3.8, 4) is 0 Å². The predicted octanol–water partition coefficient (Wildman–Crippen LogP) is -0.280. The van der Waals surface area contributed by atoms with E-state index in [4.69, 9.17) is 5.73 Å². The lowest BCUT2D eigenvalue weighted by Crippen LogP contribution is -2.44. The Hall–Kier alpha value is -1.69. The number of carbonyl (C=O) groups excluding carboxylic acids is 1. The van der Waals surface area contributed by atoms with Crippen LogP contribution in [0.15, 0.2) is 6.20 Å². The number of hydrogen-bond acceptors (Lipinski definition) is 6. The summed E-state index contributed by atoms with van der Waals surface area (Å²) in [6, 6.07) is 0. The molecule has 2 aliphatic rings. The van der Waals surface area contributed by atoms with Crippen LogP contribution in [0.2, 0.25) is 0 Å². The fourth-order valence-electron chi connectivity index (χ4n) is 3.34. The Balaban J connectivity index is 1.88. The van der Waals surface area contributed by atoms with E-state index in [1.54, 1.807) is 16.0 Å². The zero-order valence-corrected chi connectivity index (χ0v) is 14.9. The highest BCUT2D eigenvalue weighted by molar-refractivity contribution is 7.83. The van der Waals surface area contributed by atoms with Crippen molar-refractivity contribution in [1.29, 1.82) is 0 Å². The molecule has 1 aromatic heterocycles. The summed E-state index contributed by atoms with van der Waals surface area (Å²) in [5.41, 5.74) is 5.82. The molecule has 0 aliphatic carbocycles. The maximum atomic E-state index is 11.8. The summed E-state index contributed by atoms with van der Waals surface area (Å²) in [6.07, 6.45) is 6.54. The van der Waals surface area contributed by atoms with E-state index in [0.717, 1.165) is 49.6 Å². The molecule has 1 aromatic rings. The second kappa shape index (κ2) is 7.28. The quantitative estimate of drug-likeness (QED) is 0.658. The first-order valence-electron chi connectivity index (χ1n) is 8.50. The topological polar surface area (TPSA) is 125 Å². The van der Waals surface area contributed by atoms with Gasteiger partial charge >= 0.3 is 10.3 Å². The second-order valence-electron chi connectivity index (χ2n) is 6.42. The van der Waals surface area contributed by atoms with Gasteiger partial charge in [0, 0.05) is 31.7 Å². The molecule has 2 saturated heterocycles. The third-order valence-corrected chi connectivity index (χ3v) is 5.50. The van der Waals surface area contributed by atoms with Crippen LogP contribution < -0.4 is 10.7 Å². The van der Waals surface area contributed by atoms with Gasteiger partial charge in [0.1, 0.15) is 0 Å².